The number of hydrogen-bond acceptors (Lipinski definition) is 3. The molecule has 4 heteroatoms. The quantitative estimate of drug-likeness (QED) is 0.545. The fraction of sp³-hybridized carbons (Fsp3) is 0.667. The molecule has 0 aromatic carbocycles. The van der Waals surface area contributed by atoms with E-state index in [0.717, 1.165) is 12.8 Å². The lowest BCUT2D eigenvalue weighted by Crippen LogP contribution is -2.08. The topological polar surface area (TPSA) is 55.0 Å². The molecule has 1 heterocycles. The molecule has 1 rings (SSSR count). The Morgan fingerprint density at radius 1 is 1.31 bits per heavy atom. The summed E-state index contributed by atoms with van der Waals surface area (Å²) in [6.45, 7) is 2.69. The van der Waals surface area contributed by atoms with Gasteiger partial charge in [-0.25, -0.2) is 9.78 Å². The Kier molecular flexibility index (Phi) is 6.30. The minimum absolute atomic E-state index is 0.283. The molecule has 4 nitrogen and oxygen atoms in total. The van der Waals surface area contributed by atoms with Crippen LogP contribution in [0.4, 0.5) is 0 Å². The number of nitrogens with zero attached hydrogens (tertiary/aromatic N) is 1. The van der Waals surface area contributed by atoms with Crippen molar-refractivity contribution in [1.82, 2.24) is 9.97 Å². The van der Waals surface area contributed by atoms with Gasteiger partial charge in [0.2, 0.25) is 5.82 Å². The Morgan fingerprint density at radius 2 is 2.06 bits per heavy atom. The van der Waals surface area contributed by atoms with E-state index in [1.807, 2.05) is 0 Å². The molecule has 0 atom stereocenters. The third-order valence-corrected chi connectivity index (χ3v) is 2.42. The van der Waals surface area contributed by atoms with Crippen LogP contribution in [0, 0.1) is 0 Å². The van der Waals surface area contributed by atoms with Gasteiger partial charge in [0.25, 0.3) is 0 Å². The molecule has 1 aromatic heterocycles. The predicted molar refractivity (Wildman–Crippen MR) is 62.2 cm³/mol. The van der Waals surface area contributed by atoms with Crippen LogP contribution in [0.1, 0.15) is 56.1 Å². The van der Waals surface area contributed by atoms with E-state index < -0.39 is 0 Å². The Hall–Kier alpha value is -1.32. The number of carbonyl (C=O) groups is 1. The number of aromatic nitrogens is 2. The van der Waals surface area contributed by atoms with Crippen LogP contribution in [-0.2, 0) is 4.74 Å². The Bertz CT molecular complexity index is 283. The second-order valence-electron chi connectivity index (χ2n) is 3.84. The Balaban J connectivity index is 1.97. The number of aromatic amines is 1. The summed E-state index contributed by atoms with van der Waals surface area (Å²) in [5.74, 6) is -0.0791. The summed E-state index contributed by atoms with van der Waals surface area (Å²) in [4.78, 5) is 17.9. The summed E-state index contributed by atoms with van der Waals surface area (Å²) in [6, 6.07) is 0. The van der Waals surface area contributed by atoms with Gasteiger partial charge in [-0.3, -0.25) is 0 Å². The van der Waals surface area contributed by atoms with Gasteiger partial charge >= 0.3 is 5.97 Å². The molecular formula is C12H20N2O2. The van der Waals surface area contributed by atoms with Gasteiger partial charge in [0.1, 0.15) is 0 Å². The molecule has 0 saturated carbocycles. The Labute approximate surface area is 96.4 Å². The average molecular weight is 224 g/mol. The molecule has 0 radical (unpaired) electrons. The van der Waals surface area contributed by atoms with Crippen LogP contribution in [0.2, 0.25) is 0 Å². The summed E-state index contributed by atoms with van der Waals surface area (Å²) in [6.07, 6.45) is 10.3. The van der Waals surface area contributed by atoms with E-state index in [9.17, 15) is 4.79 Å². The van der Waals surface area contributed by atoms with Gasteiger partial charge in [-0.2, -0.15) is 0 Å². The van der Waals surface area contributed by atoms with E-state index >= 15 is 0 Å². The van der Waals surface area contributed by atoms with Crippen molar-refractivity contribution in [1.29, 1.82) is 0 Å². The molecule has 0 aliphatic carbocycles. The van der Waals surface area contributed by atoms with Crippen molar-refractivity contribution >= 4 is 5.97 Å². The zero-order chi connectivity index (χ0) is 11.6. The third-order valence-electron chi connectivity index (χ3n) is 2.42. The van der Waals surface area contributed by atoms with Crippen LogP contribution in [0.5, 0.6) is 0 Å². The average Bonchev–Trinajstić information content (AvgIpc) is 2.81. The summed E-state index contributed by atoms with van der Waals surface area (Å²) < 4.78 is 5.06. The zero-order valence-corrected chi connectivity index (χ0v) is 9.87. The van der Waals surface area contributed by atoms with E-state index in [1.54, 1.807) is 12.4 Å². The lowest BCUT2D eigenvalue weighted by atomic mass is 10.1. The number of esters is 1. The zero-order valence-electron chi connectivity index (χ0n) is 9.87. The highest BCUT2D eigenvalue weighted by molar-refractivity contribution is 5.84. The number of unbranched alkanes of at least 4 members (excludes halogenated alkanes) is 5. The largest absolute Gasteiger partial charge is 0.460 e. The first-order chi connectivity index (χ1) is 7.84. The molecule has 90 valence electrons. The standard InChI is InChI=1S/C12H20N2O2/c1-2-3-4-5-6-7-10-16-12(15)11-13-8-9-14-11/h8-9H,2-7,10H2,1H3,(H,13,14). The molecule has 0 aliphatic rings. The van der Waals surface area contributed by atoms with E-state index in [0.29, 0.717) is 6.61 Å². The normalized spacial score (nSPS) is 10.3. The number of hydrogen-bond donors (Lipinski definition) is 1. The van der Waals surface area contributed by atoms with Crippen molar-refractivity contribution in [2.75, 3.05) is 6.61 Å². The van der Waals surface area contributed by atoms with Gasteiger partial charge in [0.05, 0.1) is 6.61 Å². The van der Waals surface area contributed by atoms with Crippen LogP contribution >= 0.6 is 0 Å². The van der Waals surface area contributed by atoms with Gasteiger partial charge in [0.15, 0.2) is 0 Å². The molecule has 0 unspecified atom stereocenters. The maximum Gasteiger partial charge on any atom is 0.374 e. The highest BCUT2D eigenvalue weighted by Gasteiger charge is 2.07. The summed E-state index contributed by atoms with van der Waals surface area (Å²) in [5.41, 5.74) is 0. The number of imidazole rings is 1. The fourth-order valence-corrected chi connectivity index (χ4v) is 1.49. The fourth-order valence-electron chi connectivity index (χ4n) is 1.49. The molecule has 0 aliphatic heterocycles. The molecule has 16 heavy (non-hydrogen) atoms. The predicted octanol–water partition coefficient (Wildman–Crippen LogP) is 2.93. The molecule has 0 saturated heterocycles. The summed E-state index contributed by atoms with van der Waals surface area (Å²) >= 11 is 0. The first-order valence-electron chi connectivity index (χ1n) is 6.01. The highest BCUT2D eigenvalue weighted by atomic mass is 16.5. The van der Waals surface area contributed by atoms with Crippen molar-refractivity contribution in [3.05, 3.63) is 18.2 Å². The van der Waals surface area contributed by atoms with Gasteiger partial charge in [-0.05, 0) is 6.42 Å². The van der Waals surface area contributed by atoms with E-state index in [2.05, 4.69) is 16.9 Å². The molecule has 0 spiro atoms. The van der Waals surface area contributed by atoms with E-state index in [4.69, 9.17) is 4.74 Å². The number of ether oxygens (including phenoxy) is 1. The third kappa shape index (κ3) is 4.96. The first kappa shape index (κ1) is 12.7. The van der Waals surface area contributed by atoms with Gasteiger partial charge < -0.3 is 9.72 Å². The van der Waals surface area contributed by atoms with Crippen molar-refractivity contribution in [3.8, 4) is 0 Å². The minimum Gasteiger partial charge on any atom is -0.460 e. The number of carbonyl (C=O) groups excluding carboxylic acids is 1. The van der Waals surface area contributed by atoms with Crippen LogP contribution < -0.4 is 0 Å². The SMILES string of the molecule is CCCCCCCCOC(=O)c1ncc[nH]1. The number of H-pyrrole nitrogens is 1. The lowest BCUT2D eigenvalue weighted by Gasteiger charge is -2.02. The maximum absolute atomic E-state index is 11.3. The molecule has 0 bridgehead atoms. The summed E-state index contributed by atoms with van der Waals surface area (Å²) in [7, 11) is 0. The first-order valence-corrected chi connectivity index (χ1v) is 6.01. The van der Waals surface area contributed by atoms with Crippen LogP contribution in [0.3, 0.4) is 0 Å². The molecule has 1 aromatic rings. The van der Waals surface area contributed by atoms with Gasteiger partial charge in [-0.15, -0.1) is 0 Å². The Morgan fingerprint density at radius 3 is 2.75 bits per heavy atom. The van der Waals surface area contributed by atoms with Crippen molar-refractivity contribution in [2.45, 2.75) is 45.4 Å². The van der Waals surface area contributed by atoms with Crippen LogP contribution in [-0.4, -0.2) is 22.5 Å². The van der Waals surface area contributed by atoms with Crippen molar-refractivity contribution in [3.63, 3.8) is 0 Å². The van der Waals surface area contributed by atoms with E-state index in [-0.39, 0.29) is 11.8 Å². The number of nitrogens with one attached hydrogen (secondary N) is 1. The molecule has 1 N–H and O–H groups in total. The second-order valence-corrected chi connectivity index (χ2v) is 3.84. The lowest BCUT2D eigenvalue weighted by molar-refractivity contribution is 0.0484. The van der Waals surface area contributed by atoms with Gasteiger partial charge in [-0.1, -0.05) is 39.0 Å². The monoisotopic (exact) mass is 224 g/mol. The highest BCUT2D eigenvalue weighted by Crippen LogP contribution is 2.05. The molecular weight excluding hydrogens is 204 g/mol. The summed E-state index contributed by atoms with van der Waals surface area (Å²) in [5, 5.41) is 0. The molecule has 0 amide bonds. The molecule has 0 fully saturated rings. The minimum atomic E-state index is -0.362. The van der Waals surface area contributed by atoms with Crippen LogP contribution in [0.25, 0.3) is 0 Å². The second kappa shape index (κ2) is 7.91. The van der Waals surface area contributed by atoms with Crippen LogP contribution in [0.15, 0.2) is 12.4 Å². The maximum atomic E-state index is 11.3. The van der Waals surface area contributed by atoms with E-state index in [1.165, 1.54) is 25.7 Å². The van der Waals surface area contributed by atoms with Crippen molar-refractivity contribution < 1.29 is 9.53 Å². The smallest absolute Gasteiger partial charge is 0.374 e. The number of rotatable bonds is 8. The van der Waals surface area contributed by atoms with Crippen molar-refractivity contribution in [2.24, 2.45) is 0 Å². The van der Waals surface area contributed by atoms with Gasteiger partial charge in [0, 0.05) is 12.4 Å².